The summed E-state index contributed by atoms with van der Waals surface area (Å²) in [6.45, 7) is 4.33. The number of anilines is 1. The molecule has 0 spiro atoms. The number of carbonyl (C=O) groups is 2. The van der Waals surface area contributed by atoms with Crippen LogP contribution in [0.4, 0.5) is 5.69 Å². The van der Waals surface area contributed by atoms with Crippen LogP contribution in [-0.4, -0.2) is 55.7 Å². The first-order valence-corrected chi connectivity index (χ1v) is 7.77. The molecule has 0 radical (unpaired) electrons. The zero-order valence-corrected chi connectivity index (χ0v) is 13.3. The van der Waals surface area contributed by atoms with Crippen LogP contribution in [0.15, 0.2) is 24.3 Å². The second kappa shape index (κ2) is 8.50. The maximum Gasteiger partial charge on any atom is 0.252 e. The molecule has 1 saturated heterocycles. The lowest BCUT2D eigenvalue weighted by atomic mass is 10.1. The highest BCUT2D eigenvalue weighted by molar-refractivity contribution is 5.95. The van der Waals surface area contributed by atoms with Crippen LogP contribution in [-0.2, 0) is 14.3 Å². The molecule has 1 atom stereocenters. The van der Waals surface area contributed by atoms with Crippen molar-refractivity contribution in [1.82, 2.24) is 4.90 Å². The Morgan fingerprint density at radius 1 is 1.43 bits per heavy atom. The fourth-order valence-electron chi connectivity index (χ4n) is 2.40. The summed E-state index contributed by atoms with van der Waals surface area (Å²) < 4.78 is 10.8. The third kappa shape index (κ3) is 4.94. The van der Waals surface area contributed by atoms with Gasteiger partial charge in [-0.2, -0.15) is 0 Å². The standard InChI is InChI=1S/C16H23N3O4/c1-2-22-13-5-3-12(4-6-13)18-15(20)11-14-16(21)19(8-7-17)9-10-23-14/h3-6,14H,2,7-11,17H2,1H3,(H,18,20). The fraction of sp³-hybridized carbons (Fsp3) is 0.500. The topological polar surface area (TPSA) is 93.9 Å². The molecule has 1 aliphatic heterocycles. The van der Waals surface area contributed by atoms with E-state index < -0.39 is 6.10 Å². The molecule has 2 amide bonds. The Kier molecular flexibility index (Phi) is 6.37. The molecule has 0 aliphatic carbocycles. The van der Waals surface area contributed by atoms with E-state index >= 15 is 0 Å². The summed E-state index contributed by atoms with van der Waals surface area (Å²) >= 11 is 0. The van der Waals surface area contributed by atoms with Crippen molar-refractivity contribution in [1.29, 1.82) is 0 Å². The molecule has 0 bridgehead atoms. The summed E-state index contributed by atoms with van der Waals surface area (Å²) in [5.41, 5.74) is 6.13. The second-order valence-corrected chi connectivity index (χ2v) is 5.18. The van der Waals surface area contributed by atoms with Crippen LogP contribution in [0.5, 0.6) is 5.75 Å². The third-order valence-corrected chi connectivity index (χ3v) is 3.49. The Labute approximate surface area is 135 Å². The van der Waals surface area contributed by atoms with E-state index in [0.717, 1.165) is 5.75 Å². The van der Waals surface area contributed by atoms with Crippen LogP contribution >= 0.6 is 0 Å². The number of nitrogens with two attached hydrogens (primary N) is 1. The number of morpholine rings is 1. The van der Waals surface area contributed by atoms with Crippen LogP contribution in [0.25, 0.3) is 0 Å². The molecule has 7 heteroatoms. The summed E-state index contributed by atoms with van der Waals surface area (Å²) in [6.07, 6.45) is -0.745. The maximum absolute atomic E-state index is 12.2. The van der Waals surface area contributed by atoms with Gasteiger partial charge in [0.15, 0.2) is 0 Å². The van der Waals surface area contributed by atoms with E-state index in [1.54, 1.807) is 29.2 Å². The first-order chi connectivity index (χ1) is 11.1. The van der Waals surface area contributed by atoms with Gasteiger partial charge in [-0.3, -0.25) is 9.59 Å². The summed E-state index contributed by atoms with van der Waals surface area (Å²) in [4.78, 5) is 25.9. The SMILES string of the molecule is CCOc1ccc(NC(=O)CC2OCCN(CCN)C2=O)cc1. The number of carbonyl (C=O) groups excluding carboxylic acids is 2. The Morgan fingerprint density at radius 3 is 2.83 bits per heavy atom. The summed E-state index contributed by atoms with van der Waals surface area (Å²) in [7, 11) is 0. The molecule has 1 unspecified atom stereocenters. The lowest BCUT2D eigenvalue weighted by Gasteiger charge is -2.31. The molecule has 1 aromatic carbocycles. The largest absolute Gasteiger partial charge is 0.494 e. The van der Waals surface area contributed by atoms with Gasteiger partial charge in [0, 0.05) is 25.3 Å². The van der Waals surface area contributed by atoms with Crippen molar-refractivity contribution in [3.8, 4) is 5.75 Å². The Hall–Kier alpha value is -2.12. The molecule has 1 aliphatic rings. The van der Waals surface area contributed by atoms with E-state index in [2.05, 4.69) is 5.32 Å². The number of benzene rings is 1. The second-order valence-electron chi connectivity index (χ2n) is 5.18. The highest BCUT2D eigenvalue weighted by atomic mass is 16.5. The molecular weight excluding hydrogens is 298 g/mol. The Balaban J connectivity index is 1.87. The molecule has 0 aromatic heterocycles. The predicted molar refractivity (Wildman–Crippen MR) is 86.2 cm³/mol. The van der Waals surface area contributed by atoms with E-state index in [9.17, 15) is 9.59 Å². The molecule has 23 heavy (non-hydrogen) atoms. The van der Waals surface area contributed by atoms with E-state index in [1.807, 2.05) is 6.92 Å². The summed E-state index contributed by atoms with van der Waals surface area (Å²) in [6, 6.07) is 7.08. The number of ether oxygens (including phenoxy) is 2. The first-order valence-electron chi connectivity index (χ1n) is 7.77. The van der Waals surface area contributed by atoms with Gasteiger partial charge in [-0.05, 0) is 31.2 Å². The van der Waals surface area contributed by atoms with Crippen molar-refractivity contribution in [2.75, 3.05) is 38.2 Å². The lowest BCUT2D eigenvalue weighted by Crippen LogP contribution is -2.50. The number of nitrogens with one attached hydrogen (secondary N) is 1. The lowest BCUT2D eigenvalue weighted by molar-refractivity contribution is -0.154. The minimum atomic E-state index is -0.738. The van der Waals surface area contributed by atoms with Gasteiger partial charge in [0.2, 0.25) is 5.91 Å². The van der Waals surface area contributed by atoms with Crippen molar-refractivity contribution < 1.29 is 19.1 Å². The Bertz CT molecular complexity index is 531. The van der Waals surface area contributed by atoms with Crippen molar-refractivity contribution in [2.45, 2.75) is 19.4 Å². The zero-order chi connectivity index (χ0) is 16.7. The number of rotatable bonds is 7. The Morgan fingerprint density at radius 2 is 2.17 bits per heavy atom. The minimum Gasteiger partial charge on any atom is -0.494 e. The molecule has 1 fully saturated rings. The van der Waals surface area contributed by atoms with Crippen LogP contribution in [0.1, 0.15) is 13.3 Å². The molecule has 1 heterocycles. The number of nitrogens with zero attached hydrogens (tertiary/aromatic N) is 1. The number of hydrogen-bond donors (Lipinski definition) is 2. The van der Waals surface area contributed by atoms with Crippen molar-refractivity contribution >= 4 is 17.5 Å². The zero-order valence-electron chi connectivity index (χ0n) is 13.3. The molecule has 126 valence electrons. The third-order valence-electron chi connectivity index (χ3n) is 3.49. The number of amides is 2. The quantitative estimate of drug-likeness (QED) is 0.767. The van der Waals surface area contributed by atoms with Gasteiger partial charge >= 0.3 is 0 Å². The van der Waals surface area contributed by atoms with E-state index in [1.165, 1.54) is 0 Å². The van der Waals surface area contributed by atoms with Gasteiger partial charge in [0.25, 0.3) is 5.91 Å². The van der Waals surface area contributed by atoms with Gasteiger partial charge in [-0.1, -0.05) is 0 Å². The van der Waals surface area contributed by atoms with Crippen molar-refractivity contribution in [2.24, 2.45) is 5.73 Å². The predicted octanol–water partition coefficient (Wildman–Crippen LogP) is 0.600. The van der Waals surface area contributed by atoms with Crippen molar-refractivity contribution in [3.63, 3.8) is 0 Å². The molecule has 1 aromatic rings. The molecule has 0 saturated carbocycles. The highest BCUT2D eigenvalue weighted by Crippen LogP contribution is 2.17. The smallest absolute Gasteiger partial charge is 0.252 e. The number of hydrogen-bond acceptors (Lipinski definition) is 5. The average molecular weight is 321 g/mol. The van der Waals surface area contributed by atoms with Crippen molar-refractivity contribution in [3.05, 3.63) is 24.3 Å². The summed E-state index contributed by atoms with van der Waals surface area (Å²) in [5.74, 6) is 0.305. The maximum atomic E-state index is 12.2. The fourth-order valence-corrected chi connectivity index (χ4v) is 2.40. The minimum absolute atomic E-state index is 0.00683. The van der Waals surface area contributed by atoms with Gasteiger partial charge < -0.3 is 25.4 Å². The van der Waals surface area contributed by atoms with Gasteiger partial charge in [-0.15, -0.1) is 0 Å². The summed E-state index contributed by atoms with van der Waals surface area (Å²) in [5, 5.41) is 2.76. The van der Waals surface area contributed by atoms with Gasteiger partial charge in [0.1, 0.15) is 11.9 Å². The molecular formula is C16H23N3O4. The van der Waals surface area contributed by atoms with E-state index in [-0.39, 0.29) is 18.2 Å². The normalized spacial score (nSPS) is 17.9. The van der Waals surface area contributed by atoms with Crippen LogP contribution in [0.2, 0.25) is 0 Å². The van der Waals surface area contributed by atoms with E-state index in [0.29, 0.717) is 38.5 Å². The van der Waals surface area contributed by atoms with Crippen LogP contribution in [0.3, 0.4) is 0 Å². The first kappa shape index (κ1) is 17.2. The molecule has 2 rings (SSSR count). The molecule has 3 N–H and O–H groups in total. The van der Waals surface area contributed by atoms with Crippen LogP contribution in [0, 0.1) is 0 Å². The monoisotopic (exact) mass is 321 g/mol. The van der Waals surface area contributed by atoms with Gasteiger partial charge in [-0.25, -0.2) is 0 Å². The van der Waals surface area contributed by atoms with Crippen LogP contribution < -0.4 is 15.8 Å². The van der Waals surface area contributed by atoms with E-state index in [4.69, 9.17) is 15.2 Å². The average Bonchev–Trinajstić information content (AvgIpc) is 2.53. The highest BCUT2D eigenvalue weighted by Gasteiger charge is 2.30. The molecule has 7 nitrogen and oxygen atoms in total. The van der Waals surface area contributed by atoms with Gasteiger partial charge in [0.05, 0.1) is 19.6 Å².